The maximum Gasteiger partial charge on any atom is 0.306 e. The first-order valence-electron chi connectivity index (χ1n) is 3.99. The fraction of sp³-hybridized carbons (Fsp3) is 0.500. The molecule has 0 radical (unpaired) electrons. The fourth-order valence-corrected chi connectivity index (χ4v) is 1.58. The molecule has 1 aliphatic heterocycles. The Hall–Kier alpha value is -1.32. The van der Waals surface area contributed by atoms with Gasteiger partial charge < -0.3 is 9.67 Å². The summed E-state index contributed by atoms with van der Waals surface area (Å²) >= 11 is 0. The third-order valence-electron chi connectivity index (χ3n) is 2.32. The molecule has 1 aromatic rings. The Balaban J connectivity index is 2.20. The van der Waals surface area contributed by atoms with Crippen LogP contribution in [0.4, 0.5) is 0 Å². The van der Waals surface area contributed by atoms with Crippen LogP contribution in [0.1, 0.15) is 12.1 Å². The van der Waals surface area contributed by atoms with Gasteiger partial charge in [0.2, 0.25) is 0 Å². The van der Waals surface area contributed by atoms with Crippen LogP contribution in [0.5, 0.6) is 0 Å². The smallest absolute Gasteiger partial charge is 0.306 e. The van der Waals surface area contributed by atoms with Crippen LogP contribution in [0.2, 0.25) is 0 Å². The minimum Gasteiger partial charge on any atom is -0.481 e. The lowest BCUT2D eigenvalue weighted by atomic mass is 9.97. The van der Waals surface area contributed by atoms with Gasteiger partial charge in [0, 0.05) is 24.9 Å². The summed E-state index contributed by atoms with van der Waals surface area (Å²) < 4.78 is 2.01. The van der Waals surface area contributed by atoms with Crippen LogP contribution in [0, 0.1) is 5.92 Å². The molecule has 1 aliphatic rings. The summed E-state index contributed by atoms with van der Waals surface area (Å²) in [6, 6.07) is 0. The molecular weight excluding hydrogens is 156 g/mol. The van der Waals surface area contributed by atoms with Crippen molar-refractivity contribution in [3.8, 4) is 0 Å². The van der Waals surface area contributed by atoms with E-state index in [9.17, 15) is 4.79 Å². The van der Waals surface area contributed by atoms with Crippen LogP contribution in [-0.4, -0.2) is 20.6 Å². The highest BCUT2D eigenvalue weighted by Crippen LogP contribution is 2.19. The van der Waals surface area contributed by atoms with Gasteiger partial charge >= 0.3 is 5.97 Å². The average Bonchev–Trinajstić information content (AvgIpc) is 2.49. The molecule has 0 amide bonds. The van der Waals surface area contributed by atoms with Gasteiger partial charge in [-0.25, -0.2) is 4.98 Å². The Kier molecular flexibility index (Phi) is 1.60. The second-order valence-electron chi connectivity index (χ2n) is 3.11. The lowest BCUT2D eigenvalue weighted by molar-refractivity contribution is -0.142. The Morgan fingerprint density at radius 3 is 3.33 bits per heavy atom. The Labute approximate surface area is 69.8 Å². The highest BCUT2D eigenvalue weighted by atomic mass is 16.4. The maximum absolute atomic E-state index is 10.7. The third-order valence-corrected chi connectivity index (χ3v) is 2.32. The van der Waals surface area contributed by atoms with Crippen molar-refractivity contribution in [3.05, 3.63) is 18.2 Å². The number of hydrogen-bond donors (Lipinski definition) is 1. The molecule has 4 nitrogen and oxygen atoms in total. The molecule has 4 heteroatoms. The van der Waals surface area contributed by atoms with E-state index in [0.29, 0.717) is 6.42 Å². The molecule has 12 heavy (non-hydrogen) atoms. The molecule has 2 heterocycles. The molecule has 0 unspecified atom stereocenters. The Morgan fingerprint density at radius 2 is 2.58 bits per heavy atom. The molecule has 0 saturated carbocycles. The van der Waals surface area contributed by atoms with E-state index < -0.39 is 5.97 Å². The molecular formula is C8H10N2O2. The van der Waals surface area contributed by atoms with Crippen LogP contribution in [0.25, 0.3) is 0 Å². The van der Waals surface area contributed by atoms with Gasteiger partial charge in [0.05, 0.1) is 12.2 Å². The maximum atomic E-state index is 10.7. The molecule has 0 saturated heterocycles. The van der Waals surface area contributed by atoms with Crippen molar-refractivity contribution in [3.63, 3.8) is 0 Å². The van der Waals surface area contributed by atoms with Crippen molar-refractivity contribution in [2.45, 2.75) is 19.4 Å². The number of rotatable bonds is 1. The standard InChI is InChI=1S/C8H10N2O2/c11-8(12)6-1-2-10-5-9-4-7(10)3-6/h4-6H,1-3H2,(H,11,12)/t6-/m0/s1. The number of aliphatic carboxylic acids is 1. The van der Waals surface area contributed by atoms with Crippen molar-refractivity contribution in [2.24, 2.45) is 5.92 Å². The van der Waals surface area contributed by atoms with Crippen molar-refractivity contribution < 1.29 is 9.90 Å². The van der Waals surface area contributed by atoms with E-state index >= 15 is 0 Å². The molecule has 2 rings (SSSR count). The molecule has 1 aromatic heterocycles. The minimum absolute atomic E-state index is 0.214. The number of carbonyl (C=O) groups is 1. The highest BCUT2D eigenvalue weighted by Gasteiger charge is 2.23. The number of imidazole rings is 1. The van der Waals surface area contributed by atoms with Gasteiger partial charge in [-0.05, 0) is 6.42 Å². The van der Waals surface area contributed by atoms with Gasteiger partial charge in [-0.3, -0.25) is 4.79 Å². The van der Waals surface area contributed by atoms with Gasteiger partial charge in [0.15, 0.2) is 0 Å². The predicted molar refractivity (Wildman–Crippen MR) is 41.7 cm³/mol. The second-order valence-corrected chi connectivity index (χ2v) is 3.11. The Bertz CT molecular complexity index is 306. The van der Waals surface area contributed by atoms with E-state index in [1.807, 2.05) is 4.57 Å². The van der Waals surface area contributed by atoms with Crippen LogP contribution >= 0.6 is 0 Å². The number of carboxylic acid groups (broad SMARTS) is 1. The van der Waals surface area contributed by atoms with Crippen LogP contribution in [-0.2, 0) is 17.8 Å². The highest BCUT2D eigenvalue weighted by molar-refractivity contribution is 5.70. The van der Waals surface area contributed by atoms with E-state index in [2.05, 4.69) is 4.98 Å². The van der Waals surface area contributed by atoms with Gasteiger partial charge in [-0.1, -0.05) is 0 Å². The van der Waals surface area contributed by atoms with Gasteiger partial charge in [0.1, 0.15) is 0 Å². The molecule has 1 atom stereocenters. The number of hydrogen-bond acceptors (Lipinski definition) is 2. The molecule has 0 bridgehead atoms. The van der Waals surface area contributed by atoms with Crippen LogP contribution in [0.15, 0.2) is 12.5 Å². The molecule has 0 spiro atoms. The van der Waals surface area contributed by atoms with Crippen LogP contribution in [0.3, 0.4) is 0 Å². The van der Waals surface area contributed by atoms with Crippen molar-refractivity contribution in [1.29, 1.82) is 0 Å². The lowest BCUT2D eigenvalue weighted by Gasteiger charge is -2.19. The third kappa shape index (κ3) is 1.09. The zero-order chi connectivity index (χ0) is 8.55. The molecule has 1 N–H and O–H groups in total. The summed E-state index contributed by atoms with van der Waals surface area (Å²) in [6.07, 6.45) is 4.84. The van der Waals surface area contributed by atoms with E-state index in [0.717, 1.165) is 18.7 Å². The van der Waals surface area contributed by atoms with E-state index in [4.69, 9.17) is 5.11 Å². The molecule has 0 fully saturated rings. The first kappa shape index (κ1) is 7.34. The largest absolute Gasteiger partial charge is 0.481 e. The van der Waals surface area contributed by atoms with Crippen molar-refractivity contribution >= 4 is 5.97 Å². The van der Waals surface area contributed by atoms with E-state index in [-0.39, 0.29) is 5.92 Å². The van der Waals surface area contributed by atoms with Crippen molar-refractivity contribution in [1.82, 2.24) is 9.55 Å². The van der Waals surface area contributed by atoms with Gasteiger partial charge in [-0.15, -0.1) is 0 Å². The number of carboxylic acids is 1. The number of fused-ring (bicyclic) bond motifs is 1. The van der Waals surface area contributed by atoms with Gasteiger partial charge in [0.25, 0.3) is 0 Å². The average molecular weight is 166 g/mol. The predicted octanol–water partition coefficient (Wildman–Crippen LogP) is 0.530. The molecule has 64 valence electrons. The quantitative estimate of drug-likeness (QED) is 0.662. The first-order chi connectivity index (χ1) is 5.77. The SMILES string of the molecule is O=C(O)[C@H]1CCn2cncc2C1. The van der Waals surface area contributed by atoms with E-state index in [1.165, 1.54) is 0 Å². The Morgan fingerprint density at radius 1 is 1.75 bits per heavy atom. The summed E-state index contributed by atoms with van der Waals surface area (Å²) in [5.41, 5.74) is 1.04. The van der Waals surface area contributed by atoms with E-state index in [1.54, 1.807) is 12.5 Å². The topological polar surface area (TPSA) is 55.1 Å². The number of aromatic nitrogens is 2. The van der Waals surface area contributed by atoms with Gasteiger partial charge in [-0.2, -0.15) is 0 Å². The van der Waals surface area contributed by atoms with Crippen LogP contribution < -0.4 is 0 Å². The first-order valence-corrected chi connectivity index (χ1v) is 3.99. The summed E-state index contributed by atoms with van der Waals surface area (Å²) in [6.45, 7) is 0.784. The molecule has 0 aliphatic carbocycles. The number of aryl methyl sites for hydroxylation is 1. The lowest BCUT2D eigenvalue weighted by Crippen LogP contribution is -2.24. The zero-order valence-corrected chi connectivity index (χ0v) is 6.60. The fourth-order valence-electron chi connectivity index (χ4n) is 1.58. The second kappa shape index (κ2) is 2.62. The molecule has 0 aromatic carbocycles. The minimum atomic E-state index is -0.692. The summed E-state index contributed by atoms with van der Waals surface area (Å²) in [4.78, 5) is 14.6. The summed E-state index contributed by atoms with van der Waals surface area (Å²) in [5, 5.41) is 8.77. The summed E-state index contributed by atoms with van der Waals surface area (Å²) in [5.74, 6) is -0.906. The van der Waals surface area contributed by atoms with Crippen molar-refractivity contribution in [2.75, 3.05) is 0 Å². The monoisotopic (exact) mass is 166 g/mol. The normalized spacial score (nSPS) is 21.8. The number of nitrogens with zero attached hydrogens (tertiary/aromatic N) is 2. The zero-order valence-electron chi connectivity index (χ0n) is 6.60. The summed E-state index contributed by atoms with van der Waals surface area (Å²) in [7, 11) is 0.